The highest BCUT2D eigenvalue weighted by atomic mass is 16.1. The zero-order chi connectivity index (χ0) is 9.45. The highest BCUT2D eigenvalue weighted by molar-refractivity contribution is 5.93. The Morgan fingerprint density at radius 2 is 2.21 bits per heavy atom. The van der Waals surface area contributed by atoms with Crippen LogP contribution in [0.25, 0.3) is 0 Å². The zero-order valence-electron chi connectivity index (χ0n) is 7.73. The fourth-order valence-electron chi connectivity index (χ4n) is 3.63. The summed E-state index contributed by atoms with van der Waals surface area (Å²) < 4.78 is 0. The van der Waals surface area contributed by atoms with Crippen molar-refractivity contribution in [3.05, 3.63) is 34.9 Å². The van der Waals surface area contributed by atoms with E-state index < -0.39 is 0 Å². The van der Waals surface area contributed by atoms with Gasteiger partial charge in [-0.05, 0) is 53.4 Å². The Morgan fingerprint density at radius 1 is 1.36 bits per heavy atom. The fraction of sp³-hybridized carbons (Fsp3) is 0.417. The molecule has 0 aliphatic heterocycles. The molecule has 70 valence electrons. The summed E-state index contributed by atoms with van der Waals surface area (Å²) in [4.78, 5) is 11.0. The molecule has 0 radical (unpaired) electrons. The third kappa shape index (κ3) is 0.578. The van der Waals surface area contributed by atoms with E-state index in [9.17, 15) is 4.79 Å². The molecule has 0 bridgehead atoms. The van der Waals surface area contributed by atoms with Gasteiger partial charge in [0.2, 0.25) is 5.91 Å². The van der Waals surface area contributed by atoms with Crippen molar-refractivity contribution in [3.63, 3.8) is 0 Å². The first kappa shape index (κ1) is 7.04. The summed E-state index contributed by atoms with van der Waals surface area (Å²) in [5.41, 5.74) is 8.86. The lowest BCUT2D eigenvalue weighted by Gasteiger charge is -2.26. The van der Waals surface area contributed by atoms with E-state index in [-0.39, 0.29) is 5.91 Å². The summed E-state index contributed by atoms with van der Waals surface area (Å²) in [6.45, 7) is 0. The highest BCUT2D eigenvalue weighted by Gasteiger charge is 2.68. The van der Waals surface area contributed by atoms with Crippen LogP contribution in [0.5, 0.6) is 0 Å². The topological polar surface area (TPSA) is 43.1 Å². The summed E-state index contributed by atoms with van der Waals surface area (Å²) in [5, 5.41) is 0. The van der Waals surface area contributed by atoms with Crippen molar-refractivity contribution in [2.24, 2.45) is 17.6 Å². The number of benzene rings is 1. The lowest BCUT2D eigenvalue weighted by molar-refractivity contribution is 0.1000. The molecule has 2 N–H and O–H groups in total. The molecule has 2 saturated carbocycles. The van der Waals surface area contributed by atoms with Gasteiger partial charge in [-0.25, -0.2) is 0 Å². The summed E-state index contributed by atoms with van der Waals surface area (Å²) in [7, 11) is 0. The van der Waals surface area contributed by atoms with E-state index in [1.807, 2.05) is 12.1 Å². The smallest absolute Gasteiger partial charge is 0.248 e. The Labute approximate surface area is 82.1 Å². The lowest BCUT2D eigenvalue weighted by Crippen LogP contribution is -2.17. The fourth-order valence-corrected chi connectivity index (χ4v) is 3.63. The van der Waals surface area contributed by atoms with Gasteiger partial charge in [0.15, 0.2) is 0 Å². The normalized spacial score (nSPS) is 39.7. The summed E-state index contributed by atoms with van der Waals surface area (Å²) in [6, 6.07) is 6.01. The summed E-state index contributed by atoms with van der Waals surface area (Å²) in [6.07, 6.45) is 1.35. The Morgan fingerprint density at radius 3 is 3.00 bits per heavy atom. The molecule has 14 heavy (non-hydrogen) atoms. The van der Waals surface area contributed by atoms with Gasteiger partial charge >= 0.3 is 0 Å². The number of primary amides is 1. The maximum Gasteiger partial charge on any atom is 0.248 e. The van der Waals surface area contributed by atoms with E-state index in [0.717, 1.165) is 23.7 Å². The molecule has 4 unspecified atom stereocenters. The van der Waals surface area contributed by atoms with Crippen LogP contribution in [0.3, 0.4) is 0 Å². The molecule has 1 aromatic rings. The van der Waals surface area contributed by atoms with Crippen LogP contribution in [-0.2, 0) is 0 Å². The van der Waals surface area contributed by atoms with E-state index in [1.54, 1.807) is 0 Å². The molecule has 1 aromatic carbocycles. The molecule has 2 heteroatoms. The highest BCUT2D eigenvalue weighted by Crippen LogP contribution is 2.78. The second-order valence-electron chi connectivity index (χ2n) is 4.82. The van der Waals surface area contributed by atoms with E-state index in [0.29, 0.717) is 5.56 Å². The minimum absolute atomic E-state index is 0.302. The van der Waals surface area contributed by atoms with Crippen molar-refractivity contribution in [2.45, 2.75) is 18.3 Å². The van der Waals surface area contributed by atoms with E-state index >= 15 is 0 Å². The SMILES string of the molecule is NC(=O)c1ccc2c(c1)C1CC3C2C13. The van der Waals surface area contributed by atoms with Crippen LogP contribution >= 0.6 is 0 Å². The molecule has 0 heterocycles. The van der Waals surface area contributed by atoms with Crippen molar-refractivity contribution in [2.75, 3.05) is 0 Å². The Balaban J connectivity index is 1.90. The third-order valence-electron chi connectivity index (χ3n) is 4.35. The standard InChI is InChI=1S/C12H11NO/c13-12(14)5-1-2-6-7(3-5)8-4-9-10(6)11(8)9/h1-3,8-11H,4H2,(H2,13,14). The number of hydrogen-bond donors (Lipinski definition) is 1. The van der Waals surface area contributed by atoms with Crippen LogP contribution in [0, 0.1) is 11.8 Å². The second kappa shape index (κ2) is 1.88. The van der Waals surface area contributed by atoms with Crippen LogP contribution in [-0.4, -0.2) is 5.91 Å². The van der Waals surface area contributed by atoms with Crippen molar-refractivity contribution in [1.29, 1.82) is 0 Å². The van der Waals surface area contributed by atoms with Gasteiger partial charge in [-0.15, -0.1) is 0 Å². The van der Waals surface area contributed by atoms with Crippen LogP contribution in [0.2, 0.25) is 0 Å². The van der Waals surface area contributed by atoms with Gasteiger partial charge in [0, 0.05) is 5.56 Å². The molecule has 3 aliphatic carbocycles. The molecule has 0 aromatic heterocycles. The number of rotatable bonds is 1. The molecule has 2 nitrogen and oxygen atoms in total. The molecule has 2 fully saturated rings. The number of fused-ring (bicyclic) bond motifs is 4. The Bertz CT molecular complexity index is 465. The van der Waals surface area contributed by atoms with E-state index in [4.69, 9.17) is 5.73 Å². The van der Waals surface area contributed by atoms with Crippen molar-refractivity contribution in [3.8, 4) is 0 Å². The van der Waals surface area contributed by atoms with Crippen molar-refractivity contribution in [1.82, 2.24) is 0 Å². The largest absolute Gasteiger partial charge is 0.366 e. The van der Waals surface area contributed by atoms with Gasteiger partial charge in [-0.1, -0.05) is 6.07 Å². The summed E-state index contributed by atoms with van der Waals surface area (Å²) in [5.74, 6) is 3.24. The molecular weight excluding hydrogens is 174 g/mol. The maximum absolute atomic E-state index is 11.0. The van der Waals surface area contributed by atoms with Gasteiger partial charge < -0.3 is 5.73 Å². The third-order valence-corrected chi connectivity index (χ3v) is 4.35. The number of carbonyl (C=O) groups excluding carboxylic acids is 1. The van der Waals surface area contributed by atoms with Crippen LogP contribution in [0.15, 0.2) is 18.2 Å². The van der Waals surface area contributed by atoms with Gasteiger partial charge in [-0.2, -0.15) is 0 Å². The van der Waals surface area contributed by atoms with Gasteiger partial charge in [-0.3, -0.25) is 4.79 Å². The quantitative estimate of drug-likeness (QED) is 0.709. The molecule has 4 atom stereocenters. The van der Waals surface area contributed by atoms with Gasteiger partial charge in [0.1, 0.15) is 0 Å². The Kier molecular flexibility index (Phi) is 0.944. The molecule has 0 spiro atoms. The first-order chi connectivity index (χ1) is 6.77. The van der Waals surface area contributed by atoms with Crippen molar-refractivity contribution >= 4 is 5.91 Å². The predicted octanol–water partition coefficient (Wildman–Crippen LogP) is 1.62. The molecule has 1 amide bonds. The minimum Gasteiger partial charge on any atom is -0.366 e. The number of hydrogen-bond acceptors (Lipinski definition) is 1. The molecule has 3 aliphatic rings. The predicted molar refractivity (Wildman–Crippen MR) is 52.0 cm³/mol. The molecule has 4 rings (SSSR count). The summed E-state index contributed by atoms with van der Waals surface area (Å²) >= 11 is 0. The first-order valence-electron chi connectivity index (χ1n) is 5.21. The zero-order valence-corrected chi connectivity index (χ0v) is 7.73. The number of amides is 1. The average molecular weight is 185 g/mol. The van der Waals surface area contributed by atoms with Gasteiger partial charge in [0.25, 0.3) is 0 Å². The maximum atomic E-state index is 11.0. The van der Waals surface area contributed by atoms with Crippen LogP contribution in [0.1, 0.15) is 39.7 Å². The van der Waals surface area contributed by atoms with E-state index in [2.05, 4.69) is 6.07 Å². The van der Waals surface area contributed by atoms with E-state index in [1.165, 1.54) is 17.5 Å². The second-order valence-corrected chi connectivity index (χ2v) is 4.82. The Hall–Kier alpha value is -1.31. The minimum atomic E-state index is -0.302. The van der Waals surface area contributed by atoms with Gasteiger partial charge in [0.05, 0.1) is 0 Å². The lowest BCUT2D eigenvalue weighted by atomic mass is 9.78. The first-order valence-corrected chi connectivity index (χ1v) is 5.21. The van der Waals surface area contributed by atoms with Crippen molar-refractivity contribution < 1.29 is 4.79 Å². The van der Waals surface area contributed by atoms with Crippen LogP contribution < -0.4 is 5.73 Å². The number of carbonyl (C=O) groups is 1. The monoisotopic (exact) mass is 185 g/mol. The molecular formula is C12H11NO. The average Bonchev–Trinajstić information content (AvgIpc) is 2.62. The van der Waals surface area contributed by atoms with Crippen LogP contribution in [0.4, 0.5) is 0 Å². The molecule has 0 saturated heterocycles. The number of nitrogens with two attached hydrogens (primary N) is 1.